The van der Waals surface area contributed by atoms with Crippen molar-refractivity contribution in [1.29, 1.82) is 0 Å². The molecule has 25 heavy (non-hydrogen) atoms. The summed E-state index contributed by atoms with van der Waals surface area (Å²) in [5, 5.41) is 3.08. The molecule has 0 aliphatic rings. The summed E-state index contributed by atoms with van der Waals surface area (Å²) in [4.78, 5) is 12.6. The van der Waals surface area contributed by atoms with Gasteiger partial charge in [-0.25, -0.2) is 0 Å². The molecule has 3 nitrogen and oxygen atoms in total. The van der Waals surface area contributed by atoms with Crippen molar-refractivity contribution in [3.8, 4) is 5.75 Å². The van der Waals surface area contributed by atoms with Crippen molar-refractivity contribution in [2.45, 2.75) is 60.1 Å². The SMILES string of the molecule is CC[C@H](Oc1cc(C)cc(C)c1)C(=O)N[C@H](C)c1ccc(C)c(C)c1. The Morgan fingerprint density at radius 1 is 1.00 bits per heavy atom. The molecule has 1 amide bonds. The highest BCUT2D eigenvalue weighted by Crippen LogP contribution is 2.20. The van der Waals surface area contributed by atoms with E-state index in [9.17, 15) is 4.79 Å². The first kappa shape index (κ1) is 19.0. The lowest BCUT2D eigenvalue weighted by Gasteiger charge is -2.21. The Balaban J connectivity index is 2.07. The zero-order valence-corrected chi connectivity index (χ0v) is 16.1. The van der Waals surface area contributed by atoms with E-state index < -0.39 is 6.10 Å². The van der Waals surface area contributed by atoms with Gasteiger partial charge in [-0.05, 0) is 81.0 Å². The first-order chi connectivity index (χ1) is 11.8. The van der Waals surface area contributed by atoms with E-state index in [-0.39, 0.29) is 11.9 Å². The molecule has 3 heteroatoms. The molecular formula is C22H29NO2. The van der Waals surface area contributed by atoms with Gasteiger partial charge in [-0.1, -0.05) is 31.2 Å². The molecule has 2 atom stereocenters. The number of aryl methyl sites for hydroxylation is 4. The van der Waals surface area contributed by atoms with Gasteiger partial charge < -0.3 is 10.1 Å². The van der Waals surface area contributed by atoms with E-state index in [2.05, 4.69) is 43.4 Å². The monoisotopic (exact) mass is 339 g/mol. The molecule has 0 aliphatic carbocycles. The first-order valence-corrected chi connectivity index (χ1v) is 8.92. The highest BCUT2D eigenvalue weighted by atomic mass is 16.5. The molecule has 0 aliphatic heterocycles. The molecule has 1 N–H and O–H groups in total. The van der Waals surface area contributed by atoms with E-state index >= 15 is 0 Å². The summed E-state index contributed by atoms with van der Waals surface area (Å²) in [5.74, 6) is 0.672. The number of nitrogens with one attached hydrogen (secondary N) is 1. The molecule has 0 heterocycles. The van der Waals surface area contributed by atoms with Crippen LogP contribution in [0.4, 0.5) is 0 Å². The Kier molecular flexibility index (Phi) is 6.24. The molecule has 0 bridgehead atoms. The molecule has 2 aromatic carbocycles. The quantitative estimate of drug-likeness (QED) is 0.808. The molecule has 0 aromatic heterocycles. The average Bonchev–Trinajstić information content (AvgIpc) is 2.54. The lowest BCUT2D eigenvalue weighted by atomic mass is 10.0. The molecule has 134 valence electrons. The molecule has 0 spiro atoms. The van der Waals surface area contributed by atoms with Crippen LogP contribution in [0.5, 0.6) is 5.75 Å². The van der Waals surface area contributed by atoms with E-state index in [1.807, 2.05) is 39.8 Å². The number of hydrogen-bond acceptors (Lipinski definition) is 2. The van der Waals surface area contributed by atoms with Crippen LogP contribution >= 0.6 is 0 Å². The van der Waals surface area contributed by atoms with Gasteiger partial charge in [0.25, 0.3) is 5.91 Å². The maximum absolute atomic E-state index is 12.6. The van der Waals surface area contributed by atoms with Crippen molar-refractivity contribution in [1.82, 2.24) is 5.32 Å². The fourth-order valence-corrected chi connectivity index (χ4v) is 2.91. The molecule has 0 saturated carbocycles. The normalized spacial score (nSPS) is 13.2. The van der Waals surface area contributed by atoms with Gasteiger partial charge in [0, 0.05) is 0 Å². The van der Waals surface area contributed by atoms with Crippen LogP contribution < -0.4 is 10.1 Å². The summed E-state index contributed by atoms with van der Waals surface area (Å²) in [5.41, 5.74) is 5.87. The summed E-state index contributed by atoms with van der Waals surface area (Å²) in [6, 6.07) is 12.3. The first-order valence-electron chi connectivity index (χ1n) is 8.92. The van der Waals surface area contributed by atoms with Gasteiger partial charge in [-0.15, -0.1) is 0 Å². The Morgan fingerprint density at radius 2 is 1.64 bits per heavy atom. The lowest BCUT2D eigenvalue weighted by molar-refractivity contribution is -0.128. The van der Waals surface area contributed by atoms with Crippen LogP contribution in [0.3, 0.4) is 0 Å². The summed E-state index contributed by atoms with van der Waals surface area (Å²) in [7, 11) is 0. The third kappa shape index (κ3) is 5.09. The smallest absolute Gasteiger partial charge is 0.261 e. The lowest BCUT2D eigenvalue weighted by Crippen LogP contribution is -2.39. The number of carbonyl (C=O) groups is 1. The predicted molar refractivity (Wildman–Crippen MR) is 103 cm³/mol. The van der Waals surface area contributed by atoms with E-state index in [1.54, 1.807) is 0 Å². The third-order valence-corrected chi connectivity index (χ3v) is 4.53. The van der Waals surface area contributed by atoms with Crippen molar-refractivity contribution in [2.24, 2.45) is 0 Å². The standard InChI is InChI=1S/C22H29NO2/c1-7-21(25-20-11-14(2)10-15(3)12-20)22(24)23-18(6)19-9-8-16(4)17(5)13-19/h8-13,18,21H,7H2,1-6H3,(H,23,24)/t18-,21+/m1/s1. The minimum Gasteiger partial charge on any atom is -0.481 e. The molecule has 0 unspecified atom stereocenters. The number of carbonyl (C=O) groups excluding carboxylic acids is 1. The molecular weight excluding hydrogens is 310 g/mol. The van der Waals surface area contributed by atoms with E-state index in [1.165, 1.54) is 11.1 Å². The molecule has 0 radical (unpaired) electrons. The number of benzene rings is 2. The highest BCUT2D eigenvalue weighted by Gasteiger charge is 2.21. The topological polar surface area (TPSA) is 38.3 Å². The number of ether oxygens (including phenoxy) is 1. The molecule has 0 fully saturated rings. The van der Waals surface area contributed by atoms with E-state index in [0.29, 0.717) is 6.42 Å². The van der Waals surface area contributed by atoms with Crippen LogP contribution in [0.15, 0.2) is 36.4 Å². The van der Waals surface area contributed by atoms with E-state index in [0.717, 1.165) is 22.4 Å². The van der Waals surface area contributed by atoms with Gasteiger partial charge >= 0.3 is 0 Å². The van der Waals surface area contributed by atoms with Crippen LogP contribution in [0.1, 0.15) is 54.1 Å². The zero-order valence-electron chi connectivity index (χ0n) is 16.1. The van der Waals surface area contributed by atoms with Crippen molar-refractivity contribution in [3.05, 3.63) is 64.2 Å². The largest absolute Gasteiger partial charge is 0.481 e. The maximum Gasteiger partial charge on any atom is 0.261 e. The summed E-state index contributed by atoms with van der Waals surface area (Å²) in [6.45, 7) is 12.2. The van der Waals surface area contributed by atoms with Gasteiger partial charge in [-0.3, -0.25) is 4.79 Å². The Morgan fingerprint density at radius 3 is 2.20 bits per heavy atom. The fourth-order valence-electron chi connectivity index (χ4n) is 2.91. The highest BCUT2D eigenvalue weighted by molar-refractivity contribution is 5.81. The van der Waals surface area contributed by atoms with Crippen molar-refractivity contribution in [3.63, 3.8) is 0 Å². The molecule has 2 aromatic rings. The molecule has 0 saturated heterocycles. The Labute approximate surface area is 151 Å². The van der Waals surface area contributed by atoms with Gasteiger partial charge in [0.15, 0.2) is 6.10 Å². The van der Waals surface area contributed by atoms with Gasteiger partial charge in [0.05, 0.1) is 6.04 Å². The predicted octanol–water partition coefficient (Wildman–Crippen LogP) is 4.96. The Hall–Kier alpha value is -2.29. The number of rotatable bonds is 6. The van der Waals surface area contributed by atoms with Gasteiger partial charge in [0.2, 0.25) is 0 Å². The van der Waals surface area contributed by atoms with Crippen LogP contribution in [0.25, 0.3) is 0 Å². The van der Waals surface area contributed by atoms with Crippen molar-refractivity contribution >= 4 is 5.91 Å². The third-order valence-electron chi connectivity index (χ3n) is 4.53. The average molecular weight is 339 g/mol. The van der Waals surface area contributed by atoms with Gasteiger partial charge in [-0.2, -0.15) is 0 Å². The van der Waals surface area contributed by atoms with Gasteiger partial charge in [0.1, 0.15) is 5.75 Å². The number of hydrogen-bond donors (Lipinski definition) is 1. The van der Waals surface area contributed by atoms with Crippen molar-refractivity contribution in [2.75, 3.05) is 0 Å². The van der Waals surface area contributed by atoms with Crippen LogP contribution in [-0.4, -0.2) is 12.0 Å². The summed E-state index contributed by atoms with van der Waals surface area (Å²) in [6.07, 6.45) is 0.133. The zero-order chi connectivity index (χ0) is 18.6. The van der Waals surface area contributed by atoms with Crippen LogP contribution in [0, 0.1) is 27.7 Å². The second-order valence-electron chi connectivity index (χ2n) is 6.91. The van der Waals surface area contributed by atoms with Crippen LogP contribution in [-0.2, 0) is 4.79 Å². The van der Waals surface area contributed by atoms with Crippen molar-refractivity contribution < 1.29 is 9.53 Å². The minimum absolute atomic E-state index is 0.0521. The number of amides is 1. The van der Waals surface area contributed by atoms with Crippen LogP contribution in [0.2, 0.25) is 0 Å². The second kappa shape index (κ2) is 8.19. The Bertz CT molecular complexity index is 731. The van der Waals surface area contributed by atoms with E-state index in [4.69, 9.17) is 4.74 Å². The fraction of sp³-hybridized carbons (Fsp3) is 0.409. The summed E-state index contributed by atoms with van der Waals surface area (Å²) < 4.78 is 5.95. The maximum atomic E-state index is 12.6. The second-order valence-corrected chi connectivity index (χ2v) is 6.91. The molecule has 2 rings (SSSR count). The minimum atomic E-state index is -0.491. The summed E-state index contributed by atoms with van der Waals surface area (Å²) >= 11 is 0.